The maximum Gasteiger partial charge on any atom is 0.356 e. The lowest BCUT2D eigenvalue weighted by molar-refractivity contribution is 0.0508. The summed E-state index contributed by atoms with van der Waals surface area (Å²) in [5.74, 6) is -0.445. The zero-order valence-corrected chi connectivity index (χ0v) is 16.6. The number of rotatable bonds is 4. The first-order chi connectivity index (χ1) is 14.1. The minimum Gasteiger partial charge on any atom is -0.461 e. The quantitative estimate of drug-likeness (QED) is 0.641. The molecule has 0 bridgehead atoms. The SMILES string of the molecule is CCOC(=O)c1c2c(nn1C)CCN(C(=O)c1ccc(-c3ccccc3)cc1)C2. The molecule has 0 saturated carbocycles. The van der Waals surface area contributed by atoms with Gasteiger partial charge in [0.25, 0.3) is 5.91 Å². The molecule has 29 heavy (non-hydrogen) atoms. The van der Waals surface area contributed by atoms with Crippen molar-refractivity contribution in [3.63, 3.8) is 0 Å². The van der Waals surface area contributed by atoms with Gasteiger partial charge in [0, 0.05) is 31.1 Å². The van der Waals surface area contributed by atoms with Crippen molar-refractivity contribution in [2.24, 2.45) is 7.05 Å². The molecule has 2 aromatic carbocycles. The van der Waals surface area contributed by atoms with Gasteiger partial charge in [0.05, 0.1) is 18.8 Å². The molecule has 0 N–H and O–H groups in total. The van der Waals surface area contributed by atoms with E-state index in [1.807, 2.05) is 54.6 Å². The van der Waals surface area contributed by atoms with Gasteiger partial charge in [0.15, 0.2) is 5.69 Å². The molecule has 1 amide bonds. The molecule has 0 unspecified atom stereocenters. The van der Waals surface area contributed by atoms with E-state index >= 15 is 0 Å². The van der Waals surface area contributed by atoms with Gasteiger partial charge in [-0.05, 0) is 30.2 Å². The van der Waals surface area contributed by atoms with Gasteiger partial charge in [0.1, 0.15) is 0 Å². The molecule has 3 aromatic rings. The van der Waals surface area contributed by atoms with Gasteiger partial charge in [-0.2, -0.15) is 5.10 Å². The van der Waals surface area contributed by atoms with Crippen LogP contribution < -0.4 is 0 Å². The van der Waals surface area contributed by atoms with E-state index in [2.05, 4.69) is 5.10 Å². The first kappa shape index (κ1) is 18.9. The molecule has 6 nitrogen and oxygen atoms in total. The Kier molecular flexibility index (Phi) is 5.16. The Labute approximate surface area is 169 Å². The highest BCUT2D eigenvalue weighted by atomic mass is 16.5. The van der Waals surface area contributed by atoms with Crippen LogP contribution in [0.3, 0.4) is 0 Å². The third-order valence-electron chi connectivity index (χ3n) is 5.19. The zero-order valence-electron chi connectivity index (χ0n) is 16.6. The van der Waals surface area contributed by atoms with Gasteiger partial charge in [-0.15, -0.1) is 0 Å². The number of fused-ring (bicyclic) bond motifs is 1. The number of benzene rings is 2. The van der Waals surface area contributed by atoms with Crippen molar-refractivity contribution < 1.29 is 14.3 Å². The van der Waals surface area contributed by atoms with Crippen molar-refractivity contribution >= 4 is 11.9 Å². The van der Waals surface area contributed by atoms with Crippen LogP contribution in [-0.2, 0) is 24.8 Å². The van der Waals surface area contributed by atoms with Crippen molar-refractivity contribution in [1.29, 1.82) is 0 Å². The number of nitrogens with zero attached hydrogens (tertiary/aromatic N) is 3. The fourth-order valence-corrected chi connectivity index (χ4v) is 3.75. The van der Waals surface area contributed by atoms with E-state index < -0.39 is 5.97 Å². The number of ether oxygens (including phenoxy) is 1. The smallest absolute Gasteiger partial charge is 0.356 e. The Morgan fingerprint density at radius 1 is 1.03 bits per heavy atom. The molecule has 4 rings (SSSR count). The van der Waals surface area contributed by atoms with E-state index in [4.69, 9.17) is 4.74 Å². The minimum absolute atomic E-state index is 0.0473. The highest BCUT2D eigenvalue weighted by Crippen LogP contribution is 2.25. The molecule has 1 aromatic heterocycles. The maximum atomic E-state index is 13.1. The summed E-state index contributed by atoms with van der Waals surface area (Å²) in [4.78, 5) is 27.2. The summed E-state index contributed by atoms with van der Waals surface area (Å²) in [5.41, 5.74) is 4.89. The molecule has 2 heterocycles. The van der Waals surface area contributed by atoms with Crippen molar-refractivity contribution in [3.8, 4) is 11.1 Å². The fraction of sp³-hybridized carbons (Fsp3) is 0.261. The van der Waals surface area contributed by atoms with Gasteiger partial charge < -0.3 is 9.64 Å². The molecule has 0 aliphatic carbocycles. The average Bonchev–Trinajstić information content (AvgIpc) is 3.09. The summed E-state index contributed by atoms with van der Waals surface area (Å²) >= 11 is 0. The standard InChI is InChI=1S/C23H23N3O3/c1-3-29-23(28)21-19-15-26(14-13-20(19)24-25(21)2)22(27)18-11-9-17(10-12-18)16-7-5-4-6-8-16/h4-12H,3,13-15H2,1-2H3. The number of esters is 1. The molecule has 0 atom stereocenters. The van der Waals surface area contributed by atoms with Crippen LogP contribution in [0.25, 0.3) is 11.1 Å². The molecule has 0 radical (unpaired) electrons. The average molecular weight is 389 g/mol. The van der Waals surface area contributed by atoms with E-state index in [0.29, 0.717) is 37.4 Å². The third-order valence-corrected chi connectivity index (χ3v) is 5.19. The second-order valence-corrected chi connectivity index (χ2v) is 7.04. The molecule has 148 valence electrons. The molecular weight excluding hydrogens is 366 g/mol. The topological polar surface area (TPSA) is 64.4 Å². The number of carbonyl (C=O) groups excluding carboxylic acids is 2. The Bertz CT molecular complexity index is 1040. The Morgan fingerprint density at radius 3 is 2.41 bits per heavy atom. The van der Waals surface area contributed by atoms with Crippen molar-refractivity contribution in [2.75, 3.05) is 13.2 Å². The highest BCUT2D eigenvalue weighted by Gasteiger charge is 2.30. The van der Waals surface area contributed by atoms with Crippen molar-refractivity contribution in [3.05, 3.63) is 77.1 Å². The van der Waals surface area contributed by atoms with Crippen LogP contribution in [0.1, 0.15) is 39.0 Å². The first-order valence-electron chi connectivity index (χ1n) is 9.75. The molecule has 1 aliphatic rings. The maximum absolute atomic E-state index is 13.1. The number of hydrogen-bond acceptors (Lipinski definition) is 4. The fourth-order valence-electron chi connectivity index (χ4n) is 3.75. The predicted octanol–water partition coefficient (Wildman–Crippen LogP) is 3.46. The summed E-state index contributed by atoms with van der Waals surface area (Å²) in [6.45, 7) is 3.01. The van der Waals surface area contributed by atoms with Gasteiger partial charge in [-0.3, -0.25) is 9.48 Å². The van der Waals surface area contributed by atoms with Gasteiger partial charge >= 0.3 is 5.97 Å². The molecule has 1 aliphatic heterocycles. The highest BCUT2D eigenvalue weighted by molar-refractivity contribution is 5.95. The number of carbonyl (C=O) groups is 2. The largest absolute Gasteiger partial charge is 0.461 e. The van der Waals surface area contributed by atoms with Crippen LogP contribution in [0.4, 0.5) is 0 Å². The summed E-state index contributed by atoms with van der Waals surface area (Å²) < 4.78 is 6.73. The number of aryl methyl sites for hydroxylation is 1. The lowest BCUT2D eigenvalue weighted by atomic mass is 10.0. The summed E-state index contributed by atoms with van der Waals surface area (Å²) in [7, 11) is 1.74. The number of amides is 1. The molecule has 6 heteroatoms. The first-order valence-corrected chi connectivity index (χ1v) is 9.75. The Morgan fingerprint density at radius 2 is 1.72 bits per heavy atom. The van der Waals surface area contributed by atoms with Crippen LogP contribution >= 0.6 is 0 Å². The number of hydrogen-bond donors (Lipinski definition) is 0. The Balaban J connectivity index is 1.55. The molecule has 0 fully saturated rings. The van der Waals surface area contributed by atoms with E-state index in [1.54, 1.807) is 23.6 Å². The second-order valence-electron chi connectivity index (χ2n) is 7.04. The molecule has 0 spiro atoms. The number of aromatic nitrogens is 2. The van der Waals surface area contributed by atoms with Crippen LogP contribution in [-0.4, -0.2) is 39.7 Å². The van der Waals surface area contributed by atoms with Gasteiger partial charge in [-0.25, -0.2) is 4.79 Å². The minimum atomic E-state index is -0.398. The van der Waals surface area contributed by atoms with Crippen LogP contribution in [0, 0.1) is 0 Å². The van der Waals surface area contributed by atoms with E-state index in [-0.39, 0.29) is 5.91 Å². The van der Waals surface area contributed by atoms with E-state index in [9.17, 15) is 9.59 Å². The monoisotopic (exact) mass is 389 g/mol. The normalized spacial score (nSPS) is 13.1. The molecular formula is C23H23N3O3. The van der Waals surface area contributed by atoms with Crippen LogP contribution in [0.5, 0.6) is 0 Å². The van der Waals surface area contributed by atoms with Crippen molar-refractivity contribution in [2.45, 2.75) is 19.9 Å². The summed E-state index contributed by atoms with van der Waals surface area (Å²) in [5, 5.41) is 4.44. The van der Waals surface area contributed by atoms with Crippen LogP contribution in [0.15, 0.2) is 54.6 Å². The zero-order chi connectivity index (χ0) is 20.4. The third kappa shape index (κ3) is 3.66. The Hall–Kier alpha value is -3.41. The summed E-state index contributed by atoms with van der Waals surface area (Å²) in [6, 6.07) is 17.7. The predicted molar refractivity (Wildman–Crippen MR) is 109 cm³/mol. The van der Waals surface area contributed by atoms with E-state index in [1.165, 1.54) is 0 Å². The lowest BCUT2D eigenvalue weighted by Crippen LogP contribution is -2.36. The van der Waals surface area contributed by atoms with Gasteiger partial charge in [0.2, 0.25) is 0 Å². The summed E-state index contributed by atoms with van der Waals surface area (Å²) in [6.07, 6.45) is 0.621. The molecule has 0 saturated heterocycles. The lowest BCUT2D eigenvalue weighted by Gasteiger charge is -2.27. The van der Waals surface area contributed by atoms with Crippen LogP contribution in [0.2, 0.25) is 0 Å². The van der Waals surface area contributed by atoms with Gasteiger partial charge in [-0.1, -0.05) is 42.5 Å². The second kappa shape index (κ2) is 7.91. The van der Waals surface area contributed by atoms with E-state index in [0.717, 1.165) is 22.4 Å². The van der Waals surface area contributed by atoms with Crippen molar-refractivity contribution in [1.82, 2.24) is 14.7 Å².